The maximum absolute atomic E-state index is 15.5. The standard InChI is InChI=1S/C25H25F3N2O3/c1-14-8-17-16-4-2-3-5-20(16)29-23(17)24(30(14)11-25(28)12-33-13-25)22-18(26)9-15(10-19(22)27)6-7-21(31)32/h2-7,9-10,14,18,22,24,29H,8,11-13H2,1H3,(H,31,32)/b7-6+/t14-,18?,22?,24-/m1/s1. The van der Waals surface area contributed by atoms with Crippen LogP contribution in [0.3, 0.4) is 0 Å². The van der Waals surface area contributed by atoms with E-state index in [0.717, 1.165) is 28.6 Å². The molecule has 2 N–H and O–H groups in total. The maximum Gasteiger partial charge on any atom is 0.328 e. The molecule has 2 unspecified atom stereocenters. The van der Waals surface area contributed by atoms with Gasteiger partial charge in [-0.25, -0.2) is 18.0 Å². The number of hydrogen-bond acceptors (Lipinski definition) is 3. The number of halogens is 3. The third kappa shape index (κ3) is 3.91. The fraction of sp³-hybridized carbons (Fsp3) is 0.400. The molecule has 1 aromatic carbocycles. The van der Waals surface area contributed by atoms with Crippen LogP contribution in [0, 0.1) is 5.92 Å². The topological polar surface area (TPSA) is 65.6 Å². The van der Waals surface area contributed by atoms with Crippen molar-refractivity contribution in [3.05, 3.63) is 71.2 Å². The van der Waals surface area contributed by atoms with Crippen molar-refractivity contribution >= 4 is 16.9 Å². The summed E-state index contributed by atoms with van der Waals surface area (Å²) in [5.74, 6) is -3.08. The van der Waals surface area contributed by atoms with Gasteiger partial charge in [-0.2, -0.15) is 0 Å². The molecule has 1 saturated heterocycles. The second kappa shape index (κ2) is 8.18. The Labute approximate surface area is 189 Å². The minimum atomic E-state index is -1.71. The summed E-state index contributed by atoms with van der Waals surface area (Å²) in [7, 11) is 0. The van der Waals surface area contributed by atoms with E-state index in [0.29, 0.717) is 12.1 Å². The Morgan fingerprint density at radius 1 is 1.36 bits per heavy atom. The van der Waals surface area contributed by atoms with Crippen LogP contribution in [0.15, 0.2) is 60.0 Å². The number of fused-ring (bicyclic) bond motifs is 3. The van der Waals surface area contributed by atoms with Crippen molar-refractivity contribution in [3.63, 3.8) is 0 Å². The Hall–Kier alpha value is -2.84. The second-order valence-electron chi connectivity index (χ2n) is 9.21. The van der Waals surface area contributed by atoms with Crippen LogP contribution < -0.4 is 0 Å². The van der Waals surface area contributed by atoms with Crippen LogP contribution in [0.1, 0.15) is 24.2 Å². The number of H-pyrrole nitrogens is 1. The normalized spacial score (nSPS) is 29.5. The molecule has 5 rings (SSSR count). The Bertz CT molecular complexity index is 1180. The molecule has 1 fully saturated rings. The molecule has 3 aliphatic rings. The van der Waals surface area contributed by atoms with Crippen LogP contribution in [0.4, 0.5) is 13.2 Å². The molecule has 174 valence electrons. The molecular weight excluding hydrogens is 433 g/mol. The van der Waals surface area contributed by atoms with Gasteiger partial charge in [0.15, 0.2) is 5.67 Å². The van der Waals surface area contributed by atoms with Crippen molar-refractivity contribution in [1.82, 2.24) is 9.88 Å². The van der Waals surface area contributed by atoms with E-state index < -0.39 is 35.6 Å². The van der Waals surface area contributed by atoms with Gasteiger partial charge in [0.05, 0.1) is 25.2 Å². The number of aliphatic carboxylic acids is 1. The van der Waals surface area contributed by atoms with E-state index in [4.69, 9.17) is 9.84 Å². The zero-order valence-electron chi connectivity index (χ0n) is 18.1. The molecule has 2 aliphatic heterocycles. The summed E-state index contributed by atoms with van der Waals surface area (Å²) in [4.78, 5) is 16.0. The predicted octanol–water partition coefficient (Wildman–Crippen LogP) is 4.58. The summed E-state index contributed by atoms with van der Waals surface area (Å²) in [6.45, 7) is 1.90. The second-order valence-corrected chi connectivity index (χ2v) is 9.21. The minimum Gasteiger partial charge on any atom is -0.478 e. The van der Waals surface area contributed by atoms with Gasteiger partial charge >= 0.3 is 5.97 Å². The third-order valence-corrected chi connectivity index (χ3v) is 6.83. The molecule has 4 atom stereocenters. The number of nitrogens with zero attached hydrogens (tertiary/aromatic N) is 1. The van der Waals surface area contributed by atoms with Crippen molar-refractivity contribution in [2.75, 3.05) is 19.8 Å². The average molecular weight is 458 g/mol. The zero-order chi connectivity index (χ0) is 23.3. The molecule has 8 heteroatoms. The molecular formula is C25H25F3N2O3. The summed E-state index contributed by atoms with van der Waals surface area (Å²) < 4.78 is 51.3. The fourth-order valence-corrected chi connectivity index (χ4v) is 5.27. The zero-order valence-corrected chi connectivity index (χ0v) is 18.1. The van der Waals surface area contributed by atoms with Crippen molar-refractivity contribution in [2.45, 2.75) is 37.3 Å². The number of nitrogens with one attached hydrogen (secondary N) is 1. The maximum atomic E-state index is 15.5. The van der Waals surface area contributed by atoms with Crippen LogP contribution in [0.25, 0.3) is 10.9 Å². The number of ether oxygens (including phenoxy) is 1. The van der Waals surface area contributed by atoms with E-state index in [9.17, 15) is 4.79 Å². The molecule has 5 nitrogen and oxygen atoms in total. The smallest absolute Gasteiger partial charge is 0.328 e. The summed E-state index contributed by atoms with van der Waals surface area (Å²) in [5.41, 5.74) is 1.17. The molecule has 0 saturated carbocycles. The third-order valence-electron chi connectivity index (χ3n) is 6.83. The SMILES string of the molecule is C[C@@H]1Cc2c([nH]c3ccccc23)[C@@H](C2C(F)=CC(/C=C/C(=O)O)=CC2F)N1CC1(F)COC1. The highest BCUT2D eigenvalue weighted by molar-refractivity contribution is 5.85. The quantitative estimate of drug-likeness (QED) is 0.644. The summed E-state index contributed by atoms with van der Waals surface area (Å²) >= 11 is 0. The Morgan fingerprint density at radius 2 is 2.12 bits per heavy atom. The number of allylic oxidation sites excluding steroid dienone is 4. The summed E-state index contributed by atoms with van der Waals surface area (Å²) in [6, 6.07) is 6.82. The molecule has 33 heavy (non-hydrogen) atoms. The van der Waals surface area contributed by atoms with Crippen LogP contribution in [0.2, 0.25) is 0 Å². The number of carbonyl (C=O) groups is 1. The summed E-state index contributed by atoms with van der Waals surface area (Å²) in [5, 5.41) is 9.83. The van der Waals surface area contributed by atoms with Gasteiger partial charge in [0.25, 0.3) is 0 Å². The molecule has 1 aromatic heterocycles. The van der Waals surface area contributed by atoms with E-state index in [2.05, 4.69) is 4.98 Å². The molecule has 0 radical (unpaired) electrons. The van der Waals surface area contributed by atoms with Gasteiger partial charge in [-0.1, -0.05) is 18.2 Å². The molecule has 0 bridgehead atoms. The number of hydrogen-bond donors (Lipinski definition) is 2. The van der Waals surface area contributed by atoms with Crippen LogP contribution in [-0.2, 0) is 16.0 Å². The highest BCUT2D eigenvalue weighted by Gasteiger charge is 2.49. The number of aromatic amines is 1. The van der Waals surface area contributed by atoms with Gasteiger partial charge in [-0.05, 0) is 48.8 Å². The van der Waals surface area contributed by atoms with Gasteiger partial charge in [-0.3, -0.25) is 4.90 Å². The van der Waals surface area contributed by atoms with Crippen molar-refractivity contribution in [1.29, 1.82) is 0 Å². The average Bonchev–Trinajstić information content (AvgIpc) is 3.10. The largest absolute Gasteiger partial charge is 0.478 e. The lowest BCUT2D eigenvalue weighted by molar-refractivity contribution is -0.152. The molecule has 0 spiro atoms. The Kier molecular flexibility index (Phi) is 5.45. The minimum absolute atomic E-state index is 0.0135. The monoisotopic (exact) mass is 458 g/mol. The number of carboxylic acids is 1. The van der Waals surface area contributed by atoms with Gasteiger partial charge in [0, 0.05) is 35.3 Å². The lowest BCUT2D eigenvalue weighted by Crippen LogP contribution is -2.58. The number of para-hydroxylation sites is 1. The molecule has 2 aromatic rings. The van der Waals surface area contributed by atoms with Crippen LogP contribution in [-0.4, -0.2) is 58.6 Å². The van der Waals surface area contributed by atoms with Gasteiger partial charge in [0.1, 0.15) is 12.0 Å². The highest BCUT2D eigenvalue weighted by Crippen LogP contribution is 2.47. The lowest BCUT2D eigenvalue weighted by atomic mass is 9.79. The van der Waals surface area contributed by atoms with E-state index in [1.807, 2.05) is 36.1 Å². The van der Waals surface area contributed by atoms with Crippen molar-refractivity contribution in [3.8, 4) is 0 Å². The van der Waals surface area contributed by atoms with E-state index in [1.54, 1.807) is 0 Å². The fourth-order valence-electron chi connectivity index (χ4n) is 5.27. The Balaban J connectivity index is 1.59. The van der Waals surface area contributed by atoms with E-state index >= 15 is 13.2 Å². The molecule has 3 heterocycles. The van der Waals surface area contributed by atoms with Crippen LogP contribution >= 0.6 is 0 Å². The molecule has 0 amide bonds. The first-order valence-corrected chi connectivity index (χ1v) is 11.0. The summed E-state index contributed by atoms with van der Waals surface area (Å²) in [6.07, 6.45) is 3.32. The van der Waals surface area contributed by atoms with Gasteiger partial charge in [-0.15, -0.1) is 0 Å². The number of rotatable bonds is 5. The number of aromatic nitrogens is 1. The number of benzene rings is 1. The number of alkyl halides is 2. The van der Waals surface area contributed by atoms with Crippen molar-refractivity contribution in [2.24, 2.45) is 5.92 Å². The van der Waals surface area contributed by atoms with E-state index in [-0.39, 0.29) is 31.4 Å². The van der Waals surface area contributed by atoms with Gasteiger partial charge < -0.3 is 14.8 Å². The number of carboxylic acid groups (broad SMARTS) is 1. The Morgan fingerprint density at radius 3 is 2.79 bits per heavy atom. The first-order valence-electron chi connectivity index (χ1n) is 11.0. The predicted molar refractivity (Wildman–Crippen MR) is 118 cm³/mol. The van der Waals surface area contributed by atoms with E-state index in [1.165, 1.54) is 12.2 Å². The molecule has 1 aliphatic carbocycles. The highest BCUT2D eigenvalue weighted by atomic mass is 19.1. The van der Waals surface area contributed by atoms with Gasteiger partial charge in [0.2, 0.25) is 0 Å². The van der Waals surface area contributed by atoms with Crippen molar-refractivity contribution < 1.29 is 27.8 Å². The van der Waals surface area contributed by atoms with Crippen LogP contribution in [0.5, 0.6) is 0 Å². The first-order chi connectivity index (χ1) is 15.8. The lowest BCUT2D eigenvalue weighted by Gasteiger charge is -2.48. The first kappa shape index (κ1) is 22.0.